The first-order valence-electron chi connectivity index (χ1n) is 4.66. The minimum Gasteiger partial charge on any atom is -0.254 e. The number of aromatic nitrogens is 1. The molecule has 0 aliphatic carbocycles. The lowest BCUT2D eigenvalue weighted by Crippen LogP contribution is -1.90. The third-order valence-corrected chi connectivity index (χ3v) is 5.84. The summed E-state index contributed by atoms with van der Waals surface area (Å²) in [6, 6.07) is 4.47. The minimum absolute atomic E-state index is 1.16. The Balaban J connectivity index is 2.25. The van der Waals surface area contributed by atoms with Gasteiger partial charge in [0.15, 0.2) is 0 Å². The highest BCUT2D eigenvalue weighted by atomic mass is 33.1. The summed E-state index contributed by atoms with van der Waals surface area (Å²) in [6.45, 7) is 4.25. The van der Waals surface area contributed by atoms with Gasteiger partial charge in [-0.25, -0.2) is 0 Å². The molecule has 0 aromatic carbocycles. The summed E-state index contributed by atoms with van der Waals surface area (Å²) in [5.74, 6) is 0. The van der Waals surface area contributed by atoms with Crippen LogP contribution in [0.25, 0.3) is 10.6 Å². The number of thiophene rings is 1. The summed E-state index contributed by atoms with van der Waals surface area (Å²) in [4.78, 5) is 9.92. The molecule has 0 unspecified atom stereocenters. The molecule has 3 heterocycles. The maximum Gasteiger partial charge on any atom is 0.0958 e. The van der Waals surface area contributed by atoms with E-state index in [4.69, 9.17) is 0 Å². The maximum absolute atomic E-state index is 4.55. The highest BCUT2D eigenvalue weighted by molar-refractivity contribution is 8.76. The first kappa shape index (κ1) is 9.75. The van der Waals surface area contributed by atoms with Crippen LogP contribution in [-0.4, -0.2) is 4.98 Å². The average Bonchev–Trinajstić information content (AvgIpc) is 2.58. The van der Waals surface area contributed by atoms with Crippen molar-refractivity contribution in [2.75, 3.05) is 0 Å². The van der Waals surface area contributed by atoms with Gasteiger partial charge >= 0.3 is 0 Å². The standard InChI is InChI=1S/C11H9NS3/c1-6-3-8-10(12-5-6)11-9(15-14-8)4-7(2)13-11/h3-5H,1-2H3. The zero-order valence-corrected chi connectivity index (χ0v) is 10.9. The van der Waals surface area contributed by atoms with E-state index < -0.39 is 0 Å². The number of nitrogens with zero attached hydrogens (tertiary/aromatic N) is 1. The minimum atomic E-state index is 1.16. The van der Waals surface area contributed by atoms with Crippen LogP contribution in [-0.2, 0) is 0 Å². The normalized spacial score (nSPS) is 13.5. The van der Waals surface area contributed by atoms with Crippen LogP contribution in [0.3, 0.4) is 0 Å². The fourth-order valence-corrected chi connectivity index (χ4v) is 5.41. The number of aryl methyl sites for hydroxylation is 2. The van der Waals surface area contributed by atoms with E-state index in [0.29, 0.717) is 0 Å². The second-order valence-corrected chi connectivity index (χ2v) is 7.05. The molecule has 0 fully saturated rings. The van der Waals surface area contributed by atoms with Gasteiger partial charge in [0, 0.05) is 20.9 Å². The topological polar surface area (TPSA) is 12.9 Å². The van der Waals surface area contributed by atoms with Crippen LogP contribution in [0.5, 0.6) is 0 Å². The largest absolute Gasteiger partial charge is 0.254 e. The lowest BCUT2D eigenvalue weighted by molar-refractivity contribution is 1.19. The number of fused-ring (bicyclic) bond motifs is 3. The molecule has 0 spiro atoms. The van der Waals surface area contributed by atoms with Crippen LogP contribution in [0.1, 0.15) is 10.4 Å². The molecule has 0 N–H and O–H groups in total. The molecule has 4 heteroatoms. The Morgan fingerprint density at radius 3 is 2.73 bits per heavy atom. The zero-order valence-electron chi connectivity index (χ0n) is 8.40. The van der Waals surface area contributed by atoms with Gasteiger partial charge < -0.3 is 0 Å². The highest BCUT2D eigenvalue weighted by Gasteiger charge is 2.21. The second-order valence-electron chi connectivity index (χ2n) is 3.58. The van der Waals surface area contributed by atoms with Crippen LogP contribution in [0.2, 0.25) is 0 Å². The van der Waals surface area contributed by atoms with E-state index in [2.05, 4.69) is 31.0 Å². The van der Waals surface area contributed by atoms with Crippen molar-refractivity contribution < 1.29 is 0 Å². The Kier molecular flexibility index (Phi) is 2.30. The van der Waals surface area contributed by atoms with E-state index in [0.717, 1.165) is 5.69 Å². The number of hydrogen-bond acceptors (Lipinski definition) is 4. The van der Waals surface area contributed by atoms with Gasteiger partial charge in [-0.2, -0.15) is 0 Å². The van der Waals surface area contributed by atoms with E-state index in [1.807, 2.05) is 39.1 Å². The molecule has 2 aromatic rings. The Labute approximate surface area is 101 Å². The summed E-state index contributed by atoms with van der Waals surface area (Å²) in [7, 11) is 3.67. The molecule has 76 valence electrons. The van der Waals surface area contributed by atoms with E-state index in [-0.39, 0.29) is 0 Å². The Morgan fingerprint density at radius 2 is 1.87 bits per heavy atom. The van der Waals surface area contributed by atoms with Crippen LogP contribution >= 0.6 is 32.9 Å². The third kappa shape index (κ3) is 1.61. The Morgan fingerprint density at radius 1 is 1.07 bits per heavy atom. The fourth-order valence-electron chi connectivity index (χ4n) is 1.58. The first-order chi connectivity index (χ1) is 7.24. The third-order valence-electron chi connectivity index (χ3n) is 2.25. The van der Waals surface area contributed by atoms with E-state index in [1.165, 1.54) is 25.1 Å². The molecule has 1 nitrogen and oxygen atoms in total. The maximum atomic E-state index is 4.55. The first-order valence-corrected chi connectivity index (χ1v) is 7.62. The van der Waals surface area contributed by atoms with Gasteiger partial charge in [-0.1, -0.05) is 21.6 Å². The fraction of sp³-hybridized carbons (Fsp3) is 0.182. The second kappa shape index (κ2) is 3.54. The van der Waals surface area contributed by atoms with Gasteiger partial charge in [-0.05, 0) is 31.5 Å². The molecular formula is C11H9NS3. The summed E-state index contributed by atoms with van der Waals surface area (Å²) in [5.41, 5.74) is 2.40. The monoisotopic (exact) mass is 251 g/mol. The molecule has 0 saturated heterocycles. The summed E-state index contributed by atoms with van der Waals surface area (Å²) >= 11 is 1.84. The molecule has 1 aliphatic heterocycles. The predicted molar refractivity (Wildman–Crippen MR) is 68.7 cm³/mol. The molecule has 0 amide bonds. The van der Waals surface area contributed by atoms with Crippen LogP contribution in [0.4, 0.5) is 0 Å². The summed E-state index contributed by atoms with van der Waals surface area (Å²) < 4.78 is 0. The van der Waals surface area contributed by atoms with Crippen molar-refractivity contribution in [3.8, 4) is 10.6 Å². The lowest BCUT2D eigenvalue weighted by atomic mass is 10.2. The van der Waals surface area contributed by atoms with Crippen LogP contribution in [0, 0.1) is 13.8 Å². The van der Waals surface area contributed by atoms with E-state index in [9.17, 15) is 0 Å². The van der Waals surface area contributed by atoms with Gasteiger partial charge in [0.25, 0.3) is 0 Å². The molecule has 1 aliphatic rings. The van der Waals surface area contributed by atoms with Crippen LogP contribution in [0.15, 0.2) is 28.1 Å². The van der Waals surface area contributed by atoms with Crippen molar-refractivity contribution in [1.29, 1.82) is 0 Å². The molecular weight excluding hydrogens is 242 g/mol. The van der Waals surface area contributed by atoms with Gasteiger partial charge in [0.05, 0.1) is 10.6 Å². The average molecular weight is 251 g/mol. The van der Waals surface area contributed by atoms with Gasteiger partial charge in [-0.3, -0.25) is 4.98 Å². The van der Waals surface area contributed by atoms with E-state index in [1.54, 1.807) is 0 Å². The lowest BCUT2D eigenvalue weighted by Gasteiger charge is -2.13. The number of hydrogen-bond donors (Lipinski definition) is 0. The van der Waals surface area contributed by atoms with Crippen LogP contribution < -0.4 is 0 Å². The van der Waals surface area contributed by atoms with Crippen molar-refractivity contribution in [2.45, 2.75) is 23.6 Å². The van der Waals surface area contributed by atoms with Crippen molar-refractivity contribution in [3.05, 3.63) is 28.8 Å². The quantitative estimate of drug-likeness (QED) is 0.638. The number of pyridine rings is 1. The molecule has 0 atom stereocenters. The van der Waals surface area contributed by atoms with Crippen molar-refractivity contribution in [2.24, 2.45) is 0 Å². The van der Waals surface area contributed by atoms with Gasteiger partial charge in [-0.15, -0.1) is 11.3 Å². The summed E-state index contributed by atoms with van der Waals surface area (Å²) in [6.07, 6.45) is 1.95. The Bertz CT molecular complexity index is 531. The Hall–Kier alpha value is -0.450. The van der Waals surface area contributed by atoms with Crippen molar-refractivity contribution in [3.63, 3.8) is 0 Å². The molecule has 0 bridgehead atoms. The molecule has 15 heavy (non-hydrogen) atoms. The molecule has 0 saturated carbocycles. The zero-order chi connectivity index (χ0) is 10.4. The van der Waals surface area contributed by atoms with Crippen molar-refractivity contribution in [1.82, 2.24) is 4.98 Å². The highest BCUT2D eigenvalue weighted by Crippen LogP contribution is 2.53. The van der Waals surface area contributed by atoms with Gasteiger partial charge in [0.1, 0.15) is 0 Å². The predicted octanol–water partition coefficient (Wildman–Crippen LogP) is 4.54. The molecule has 3 rings (SSSR count). The van der Waals surface area contributed by atoms with Crippen molar-refractivity contribution >= 4 is 32.9 Å². The van der Waals surface area contributed by atoms with Gasteiger partial charge in [0.2, 0.25) is 0 Å². The van der Waals surface area contributed by atoms with E-state index >= 15 is 0 Å². The smallest absolute Gasteiger partial charge is 0.0958 e. The molecule has 2 aromatic heterocycles. The SMILES string of the molecule is Cc1cnc2c(c1)SSc1cc(C)sc1-2. The summed E-state index contributed by atoms with van der Waals surface area (Å²) in [5, 5.41) is 0. The molecule has 0 radical (unpaired) electrons. The number of rotatable bonds is 0.